The molecule has 34 heavy (non-hydrogen) atoms. The molecule has 0 atom stereocenters. The smallest absolute Gasteiger partial charge is 0.114 e. The Hall–Kier alpha value is -1.95. The Bertz CT molecular complexity index is 931. The summed E-state index contributed by atoms with van der Waals surface area (Å²) in [6.45, 7) is 20.5. The number of hydrogen-bond acceptors (Lipinski definition) is 1. The predicted octanol–water partition coefficient (Wildman–Crippen LogP) is 6.87. The molecule has 0 aliphatic carbocycles. The van der Waals surface area contributed by atoms with Crippen molar-refractivity contribution in [3.8, 4) is 0 Å². The van der Waals surface area contributed by atoms with Gasteiger partial charge in [0.2, 0.25) is 0 Å². The summed E-state index contributed by atoms with van der Waals surface area (Å²) in [5, 5.41) is 14.4. The quantitative estimate of drug-likeness (QED) is 0.400. The van der Waals surface area contributed by atoms with Crippen LogP contribution in [0.3, 0.4) is 0 Å². The Kier molecular flexibility index (Phi) is 7.52. The summed E-state index contributed by atoms with van der Waals surface area (Å²) in [4.78, 5) is 0. The van der Waals surface area contributed by atoms with E-state index in [0.29, 0.717) is 0 Å². The lowest BCUT2D eigenvalue weighted by atomic mass is 9.87. The Morgan fingerprint density at radius 2 is 0.706 bits per heavy atom. The van der Waals surface area contributed by atoms with E-state index in [1.54, 1.807) is 0 Å². The predicted molar refractivity (Wildman–Crippen MR) is 153 cm³/mol. The van der Waals surface area contributed by atoms with Gasteiger partial charge in [-0.25, -0.2) is 0 Å². The monoisotopic (exact) mass is 475 g/mol. The van der Waals surface area contributed by atoms with E-state index in [1.807, 2.05) is 0 Å². The standard InChI is InChI=1S/C32H44OP/c1-30(2,3)24-10-16-27(17-11-24)34(23-22-33,28-18-12-25(13-19-28)31(4,5)6)29-20-14-26(15-21-29)32(7,8)9/h10-21,33H,22-23H2,1-9H3/q+1. The molecule has 3 aromatic rings. The van der Waals surface area contributed by atoms with Crippen LogP contribution in [0.2, 0.25) is 0 Å². The lowest BCUT2D eigenvalue weighted by molar-refractivity contribution is 0.321. The molecule has 0 amide bonds. The molecular formula is C32H44OP+. The molecular weight excluding hydrogens is 431 g/mol. The highest BCUT2D eigenvalue weighted by Crippen LogP contribution is 2.55. The summed E-state index contributed by atoms with van der Waals surface area (Å²) >= 11 is 0. The highest BCUT2D eigenvalue weighted by Gasteiger charge is 2.45. The minimum Gasteiger partial charge on any atom is -0.393 e. The van der Waals surface area contributed by atoms with Crippen molar-refractivity contribution in [2.75, 3.05) is 12.8 Å². The molecule has 0 aromatic heterocycles. The van der Waals surface area contributed by atoms with E-state index in [4.69, 9.17) is 0 Å². The third-order valence-corrected chi connectivity index (χ3v) is 11.4. The topological polar surface area (TPSA) is 20.2 Å². The summed E-state index contributed by atoms with van der Waals surface area (Å²) in [5.41, 5.74) is 4.34. The van der Waals surface area contributed by atoms with Crippen LogP contribution in [0.25, 0.3) is 0 Å². The first-order valence-corrected chi connectivity index (χ1v) is 14.5. The van der Waals surface area contributed by atoms with Crippen LogP contribution in [0.1, 0.15) is 79.0 Å². The number of hydrogen-bond donors (Lipinski definition) is 1. The molecule has 3 rings (SSSR count). The van der Waals surface area contributed by atoms with Crippen LogP contribution in [-0.2, 0) is 16.2 Å². The maximum absolute atomic E-state index is 10.4. The molecule has 1 nitrogen and oxygen atoms in total. The van der Waals surface area contributed by atoms with Gasteiger partial charge in [-0.2, -0.15) is 0 Å². The third-order valence-electron chi connectivity index (χ3n) is 6.96. The van der Waals surface area contributed by atoms with Crippen molar-refractivity contribution >= 4 is 23.2 Å². The molecule has 0 saturated heterocycles. The van der Waals surface area contributed by atoms with Crippen LogP contribution < -0.4 is 15.9 Å². The fourth-order valence-corrected chi connectivity index (χ4v) is 8.58. The summed E-state index contributed by atoms with van der Waals surface area (Å²) in [7, 11) is -2.02. The van der Waals surface area contributed by atoms with Crippen molar-refractivity contribution in [2.24, 2.45) is 0 Å². The maximum atomic E-state index is 10.4. The van der Waals surface area contributed by atoms with Gasteiger partial charge >= 0.3 is 0 Å². The lowest BCUT2D eigenvalue weighted by Crippen LogP contribution is -2.35. The second-order valence-electron chi connectivity index (χ2n) is 12.6. The summed E-state index contributed by atoms with van der Waals surface area (Å²) in [6.07, 6.45) is 0.742. The van der Waals surface area contributed by atoms with Crippen molar-refractivity contribution < 1.29 is 5.11 Å². The number of rotatable bonds is 5. The number of aliphatic hydroxyl groups excluding tert-OH is 1. The number of aliphatic hydroxyl groups is 1. The largest absolute Gasteiger partial charge is 0.393 e. The maximum Gasteiger partial charge on any atom is 0.114 e. The van der Waals surface area contributed by atoms with E-state index in [-0.39, 0.29) is 22.9 Å². The van der Waals surface area contributed by atoms with Crippen LogP contribution in [0, 0.1) is 0 Å². The SMILES string of the molecule is CC(C)(C)c1ccc([P+](CCO)(c2ccc(C(C)(C)C)cc2)c2ccc(C(C)(C)C)cc2)cc1. The van der Waals surface area contributed by atoms with Gasteiger partial charge in [-0.15, -0.1) is 0 Å². The van der Waals surface area contributed by atoms with Gasteiger partial charge in [0, 0.05) is 0 Å². The van der Waals surface area contributed by atoms with Crippen molar-refractivity contribution in [3.63, 3.8) is 0 Å². The van der Waals surface area contributed by atoms with E-state index in [1.165, 1.54) is 32.6 Å². The molecule has 182 valence electrons. The fraction of sp³-hybridized carbons (Fsp3) is 0.438. The van der Waals surface area contributed by atoms with E-state index < -0.39 is 7.26 Å². The van der Waals surface area contributed by atoms with Crippen molar-refractivity contribution in [1.82, 2.24) is 0 Å². The summed E-state index contributed by atoms with van der Waals surface area (Å²) < 4.78 is 0. The molecule has 0 heterocycles. The highest BCUT2D eigenvalue weighted by molar-refractivity contribution is 7.95. The molecule has 0 spiro atoms. The van der Waals surface area contributed by atoms with Gasteiger partial charge < -0.3 is 5.11 Å². The zero-order valence-corrected chi connectivity index (χ0v) is 23.6. The zero-order chi connectivity index (χ0) is 25.4. The van der Waals surface area contributed by atoms with Crippen LogP contribution >= 0.6 is 7.26 Å². The van der Waals surface area contributed by atoms with Crippen LogP contribution in [0.5, 0.6) is 0 Å². The normalized spacial score (nSPS) is 13.2. The fourth-order valence-electron chi connectivity index (χ4n) is 4.63. The Balaban J connectivity index is 2.26. The first-order valence-electron chi connectivity index (χ1n) is 12.5. The zero-order valence-electron chi connectivity index (χ0n) is 22.7. The van der Waals surface area contributed by atoms with Crippen molar-refractivity contribution in [3.05, 3.63) is 89.5 Å². The minimum absolute atomic E-state index is 0.110. The summed E-state index contributed by atoms with van der Waals surface area (Å²) in [5.74, 6) is 0. The Morgan fingerprint density at radius 1 is 0.471 bits per heavy atom. The Labute approximate surface area is 209 Å². The van der Waals surface area contributed by atoms with Gasteiger partial charge in [-0.05, 0) is 69.3 Å². The average molecular weight is 476 g/mol. The molecule has 0 radical (unpaired) electrons. The molecule has 0 aliphatic rings. The van der Waals surface area contributed by atoms with E-state index in [0.717, 1.165) is 6.16 Å². The van der Waals surface area contributed by atoms with Gasteiger partial charge in [0.1, 0.15) is 23.2 Å². The van der Waals surface area contributed by atoms with Gasteiger partial charge in [-0.1, -0.05) is 98.7 Å². The van der Waals surface area contributed by atoms with Crippen molar-refractivity contribution in [2.45, 2.75) is 78.6 Å². The molecule has 0 saturated carbocycles. The molecule has 0 unspecified atom stereocenters. The minimum atomic E-state index is -2.02. The molecule has 0 aliphatic heterocycles. The van der Waals surface area contributed by atoms with Gasteiger partial charge in [0.25, 0.3) is 0 Å². The van der Waals surface area contributed by atoms with Crippen LogP contribution in [-0.4, -0.2) is 17.9 Å². The van der Waals surface area contributed by atoms with E-state index in [2.05, 4.69) is 135 Å². The van der Waals surface area contributed by atoms with E-state index >= 15 is 0 Å². The van der Waals surface area contributed by atoms with Gasteiger partial charge in [0.05, 0.1) is 12.8 Å². The lowest BCUT2D eigenvalue weighted by Gasteiger charge is -2.29. The molecule has 1 N–H and O–H groups in total. The second-order valence-corrected chi connectivity index (χ2v) is 16.3. The van der Waals surface area contributed by atoms with Gasteiger partial charge in [0.15, 0.2) is 0 Å². The van der Waals surface area contributed by atoms with E-state index in [9.17, 15) is 5.11 Å². The van der Waals surface area contributed by atoms with Crippen LogP contribution in [0.4, 0.5) is 0 Å². The first-order chi connectivity index (χ1) is 15.7. The second kappa shape index (κ2) is 9.60. The number of benzene rings is 3. The molecule has 3 aromatic carbocycles. The van der Waals surface area contributed by atoms with Crippen LogP contribution in [0.15, 0.2) is 72.8 Å². The molecule has 2 heteroatoms. The summed E-state index contributed by atoms with van der Waals surface area (Å²) in [6, 6.07) is 27.6. The molecule has 0 bridgehead atoms. The van der Waals surface area contributed by atoms with Crippen molar-refractivity contribution in [1.29, 1.82) is 0 Å². The highest BCUT2D eigenvalue weighted by atomic mass is 31.2. The molecule has 0 fully saturated rings. The average Bonchev–Trinajstić information content (AvgIpc) is 2.76. The Morgan fingerprint density at radius 3 is 0.882 bits per heavy atom. The third kappa shape index (κ3) is 5.48. The first kappa shape index (κ1) is 26.7. The van der Waals surface area contributed by atoms with Gasteiger partial charge in [-0.3, -0.25) is 0 Å².